The summed E-state index contributed by atoms with van der Waals surface area (Å²) < 4.78 is 5.66. The van der Waals surface area contributed by atoms with Crippen LogP contribution in [0.5, 0.6) is 5.75 Å². The summed E-state index contributed by atoms with van der Waals surface area (Å²) in [4.78, 5) is 106. The summed E-state index contributed by atoms with van der Waals surface area (Å²) in [5.74, 6) is -7.45. The average Bonchev–Trinajstić information content (AvgIpc) is 3.06. The molecule has 0 radical (unpaired) electrons. The Morgan fingerprint density at radius 2 is 1.30 bits per heavy atom. The molecule has 1 aliphatic rings. The van der Waals surface area contributed by atoms with Gasteiger partial charge in [0.2, 0.25) is 41.4 Å². The first-order valence-corrected chi connectivity index (χ1v) is 17.4. The Labute approximate surface area is 308 Å². The Hall–Kier alpha value is -5.26. The fraction of sp³-hybridized carbons (Fsp3) is 0.600. The molecule has 1 aromatic rings. The lowest BCUT2D eigenvalue weighted by Gasteiger charge is -2.30. The summed E-state index contributed by atoms with van der Waals surface area (Å²) in [5.41, 5.74) is 0.475. The number of nitrogens with one attached hydrogen (secondary N) is 7. The topological polar surface area (TPSA) is 270 Å². The van der Waals surface area contributed by atoms with Gasteiger partial charge in [-0.2, -0.15) is 0 Å². The zero-order valence-corrected chi connectivity index (χ0v) is 31.3. The van der Waals surface area contributed by atoms with Gasteiger partial charge in [0.15, 0.2) is 0 Å². The zero-order chi connectivity index (χ0) is 40.2. The van der Waals surface area contributed by atoms with E-state index in [9.17, 15) is 48.6 Å². The van der Waals surface area contributed by atoms with Gasteiger partial charge in [0.25, 0.3) is 0 Å². The average molecular weight is 748 g/mol. The van der Waals surface area contributed by atoms with E-state index in [-0.39, 0.29) is 24.5 Å². The molecular weight excluding hydrogens is 694 g/mol. The van der Waals surface area contributed by atoms with E-state index in [2.05, 4.69) is 37.2 Å². The molecule has 2 rings (SSSR count). The molecule has 0 aliphatic carbocycles. The molecule has 53 heavy (non-hydrogen) atoms. The number of amides is 7. The van der Waals surface area contributed by atoms with Crippen molar-refractivity contribution < 1.29 is 53.3 Å². The van der Waals surface area contributed by atoms with E-state index in [1.54, 1.807) is 13.8 Å². The predicted octanol–water partition coefficient (Wildman–Crippen LogP) is -1.97. The van der Waals surface area contributed by atoms with Crippen molar-refractivity contribution in [3.8, 4) is 5.75 Å². The first-order valence-electron chi connectivity index (χ1n) is 17.4. The van der Waals surface area contributed by atoms with Crippen molar-refractivity contribution in [2.45, 2.75) is 117 Å². The Kier molecular flexibility index (Phi) is 16.7. The normalized spacial score (nSPS) is 26.0. The highest BCUT2D eigenvalue weighted by Gasteiger charge is 2.38. The number of carbonyl (C=O) groups excluding carboxylic acids is 8. The second-order valence-corrected chi connectivity index (χ2v) is 13.9. The van der Waals surface area contributed by atoms with Crippen LogP contribution in [-0.2, 0) is 49.5 Å². The van der Waals surface area contributed by atoms with Crippen LogP contribution < -0.4 is 37.2 Å². The maximum atomic E-state index is 14.1. The summed E-state index contributed by atoms with van der Waals surface area (Å²) in [6, 6.07) is -3.85. The predicted molar refractivity (Wildman–Crippen MR) is 189 cm³/mol. The fourth-order valence-electron chi connectivity index (χ4n) is 5.29. The standard InChI is InChI=1S/C35H53N7O11/c1-16(2)13-24(38-21(8)44)32(49)42-28-20(7)53-35(52)27(17(3)4)41-30(47)19(6)37-33(50)26(15-43)40-29(46)18(5)36-31(48)25(39-34(28)51)14-22-9-11-23(45)12-10-22/h9-12,16-20,24-28,43,45H,13-15H2,1-8H3,(H,36,48)(H,37,50)(H,38,44)(H,39,51)(H,40,46)(H,41,47)(H,42,49)/t18-,19-,20-,24+,25-,26+,27+,28+/m1/s1. The smallest absolute Gasteiger partial charge is 0.329 e. The van der Waals surface area contributed by atoms with E-state index < -0.39 is 108 Å². The SMILES string of the molecule is CC(=O)N[C@@H](CC(C)C)C(=O)N[C@@H]1C(=O)N[C@H](Cc2ccc(O)cc2)C(=O)N[C@H](C)C(=O)N[C@@H](CO)C(=O)N[C@H](C)C(=O)N[C@@H](C(C)C)C(=O)O[C@@H]1C. The molecule has 1 saturated heterocycles. The van der Waals surface area contributed by atoms with Gasteiger partial charge in [-0.05, 0) is 56.7 Å². The Morgan fingerprint density at radius 3 is 1.81 bits per heavy atom. The van der Waals surface area contributed by atoms with Crippen molar-refractivity contribution in [1.29, 1.82) is 0 Å². The number of aromatic hydroxyl groups is 1. The van der Waals surface area contributed by atoms with Crippen LogP contribution in [0.15, 0.2) is 24.3 Å². The Bertz CT molecular complexity index is 1500. The molecule has 8 atom stereocenters. The summed E-state index contributed by atoms with van der Waals surface area (Å²) in [7, 11) is 0. The maximum absolute atomic E-state index is 14.1. The van der Waals surface area contributed by atoms with Gasteiger partial charge in [0.1, 0.15) is 54.1 Å². The first-order chi connectivity index (χ1) is 24.7. The highest BCUT2D eigenvalue weighted by Crippen LogP contribution is 2.14. The van der Waals surface area contributed by atoms with Crippen molar-refractivity contribution in [3.63, 3.8) is 0 Å². The van der Waals surface area contributed by atoms with Crippen LogP contribution in [0.2, 0.25) is 0 Å². The van der Waals surface area contributed by atoms with E-state index in [1.165, 1.54) is 52.0 Å². The molecule has 0 aromatic heterocycles. The second kappa shape index (κ2) is 20.1. The number of hydrogen-bond acceptors (Lipinski definition) is 11. The molecule has 7 amide bonds. The number of aliphatic hydroxyl groups is 1. The minimum atomic E-state index is -1.65. The molecule has 294 valence electrons. The van der Waals surface area contributed by atoms with Crippen LogP contribution in [0.25, 0.3) is 0 Å². The van der Waals surface area contributed by atoms with Crippen molar-refractivity contribution in [3.05, 3.63) is 29.8 Å². The molecule has 0 unspecified atom stereocenters. The number of phenolic OH excluding ortho intramolecular Hbond substituents is 1. The monoisotopic (exact) mass is 747 g/mol. The van der Waals surface area contributed by atoms with E-state index in [0.29, 0.717) is 5.56 Å². The minimum Gasteiger partial charge on any atom is -0.508 e. The molecular formula is C35H53N7O11. The van der Waals surface area contributed by atoms with Gasteiger partial charge in [-0.3, -0.25) is 33.6 Å². The molecule has 1 heterocycles. The van der Waals surface area contributed by atoms with E-state index >= 15 is 0 Å². The number of cyclic esters (lactones) is 1. The summed E-state index contributed by atoms with van der Waals surface area (Å²) in [6.07, 6.45) is -1.41. The van der Waals surface area contributed by atoms with Gasteiger partial charge in [-0.1, -0.05) is 39.8 Å². The van der Waals surface area contributed by atoms with Gasteiger partial charge in [0, 0.05) is 13.3 Å². The highest BCUT2D eigenvalue weighted by atomic mass is 16.5. The van der Waals surface area contributed by atoms with Gasteiger partial charge in [0.05, 0.1) is 6.61 Å². The lowest BCUT2D eigenvalue weighted by Crippen LogP contribution is -2.62. The Balaban J connectivity index is 2.65. The van der Waals surface area contributed by atoms with Crippen molar-refractivity contribution in [2.24, 2.45) is 11.8 Å². The van der Waals surface area contributed by atoms with Crippen LogP contribution in [-0.4, -0.2) is 113 Å². The number of esters is 1. The highest BCUT2D eigenvalue weighted by molar-refractivity contribution is 5.97. The minimum absolute atomic E-state index is 0.0608. The van der Waals surface area contributed by atoms with E-state index in [1.807, 2.05) is 13.8 Å². The van der Waals surface area contributed by atoms with Crippen LogP contribution in [0.4, 0.5) is 0 Å². The second-order valence-electron chi connectivity index (χ2n) is 13.9. The number of phenols is 1. The summed E-state index contributed by atoms with van der Waals surface area (Å²) in [6.45, 7) is 11.1. The third-order valence-electron chi connectivity index (χ3n) is 8.30. The van der Waals surface area contributed by atoms with Gasteiger partial charge in [-0.25, -0.2) is 4.79 Å². The number of carbonyl (C=O) groups is 8. The molecule has 18 heteroatoms. The van der Waals surface area contributed by atoms with Gasteiger partial charge >= 0.3 is 5.97 Å². The van der Waals surface area contributed by atoms with Crippen LogP contribution >= 0.6 is 0 Å². The number of aliphatic hydroxyl groups excluding tert-OH is 1. The molecule has 0 saturated carbocycles. The first kappa shape index (κ1) is 43.9. The van der Waals surface area contributed by atoms with Crippen molar-refractivity contribution in [2.75, 3.05) is 6.61 Å². The van der Waals surface area contributed by atoms with Gasteiger partial charge < -0.3 is 52.2 Å². The number of benzene rings is 1. The Morgan fingerprint density at radius 1 is 0.774 bits per heavy atom. The molecule has 0 bridgehead atoms. The maximum Gasteiger partial charge on any atom is 0.329 e. The summed E-state index contributed by atoms with van der Waals surface area (Å²) in [5, 5.41) is 36.9. The lowest BCUT2D eigenvalue weighted by atomic mass is 10.0. The van der Waals surface area contributed by atoms with E-state index in [0.717, 1.165) is 0 Å². The number of rotatable bonds is 9. The molecule has 1 aromatic carbocycles. The molecule has 9 N–H and O–H groups in total. The van der Waals surface area contributed by atoms with Crippen molar-refractivity contribution >= 4 is 47.3 Å². The fourth-order valence-corrected chi connectivity index (χ4v) is 5.29. The van der Waals surface area contributed by atoms with Crippen LogP contribution in [0.3, 0.4) is 0 Å². The molecule has 18 nitrogen and oxygen atoms in total. The van der Waals surface area contributed by atoms with Crippen molar-refractivity contribution in [1.82, 2.24) is 37.2 Å². The van der Waals surface area contributed by atoms with E-state index in [4.69, 9.17) is 4.74 Å². The third-order valence-corrected chi connectivity index (χ3v) is 8.30. The molecule has 1 aliphatic heterocycles. The third kappa shape index (κ3) is 13.7. The van der Waals surface area contributed by atoms with Crippen LogP contribution in [0, 0.1) is 11.8 Å². The number of hydrogen-bond donors (Lipinski definition) is 9. The quantitative estimate of drug-likeness (QED) is 0.125. The van der Waals surface area contributed by atoms with Gasteiger partial charge in [-0.15, -0.1) is 0 Å². The zero-order valence-electron chi connectivity index (χ0n) is 31.3. The molecule has 1 fully saturated rings. The summed E-state index contributed by atoms with van der Waals surface area (Å²) >= 11 is 0. The van der Waals surface area contributed by atoms with Crippen LogP contribution in [0.1, 0.15) is 67.4 Å². The number of ether oxygens (including phenoxy) is 1. The molecule has 0 spiro atoms. The largest absolute Gasteiger partial charge is 0.508 e. The lowest BCUT2D eigenvalue weighted by molar-refractivity contribution is -0.157.